The van der Waals surface area contributed by atoms with Crippen LogP contribution in [0.3, 0.4) is 0 Å². The van der Waals surface area contributed by atoms with E-state index in [4.69, 9.17) is 9.15 Å². The molecule has 0 radical (unpaired) electrons. The van der Waals surface area contributed by atoms with Gasteiger partial charge in [-0.15, -0.1) is 0 Å². The molecule has 3 aromatic rings. The van der Waals surface area contributed by atoms with Gasteiger partial charge in [-0.3, -0.25) is 9.36 Å². The third kappa shape index (κ3) is 3.08. The number of ether oxygens (including phenoxy) is 1. The minimum atomic E-state index is -0.807. The molecule has 22 heavy (non-hydrogen) atoms. The third-order valence-electron chi connectivity index (χ3n) is 3.18. The lowest BCUT2D eigenvalue weighted by atomic mass is 10.3. The van der Waals surface area contributed by atoms with Crippen LogP contribution in [0, 0.1) is 6.92 Å². The summed E-state index contributed by atoms with van der Waals surface area (Å²) in [4.78, 5) is 17.1. The van der Waals surface area contributed by atoms with Gasteiger partial charge in [0.15, 0.2) is 4.83 Å². The Kier molecular flexibility index (Phi) is 4.32. The summed E-state index contributed by atoms with van der Waals surface area (Å²) >= 11 is 1.20. The number of fused-ring (bicyclic) bond motifs is 1. The van der Waals surface area contributed by atoms with Crippen LogP contribution in [0.5, 0.6) is 0 Å². The van der Waals surface area contributed by atoms with Crippen molar-refractivity contribution in [1.29, 1.82) is 0 Å². The summed E-state index contributed by atoms with van der Waals surface area (Å²) in [6, 6.07) is 3.56. The molecule has 3 aromatic heterocycles. The fraction of sp³-hybridized carbons (Fsp3) is 0.357. The highest BCUT2D eigenvalue weighted by Crippen LogP contribution is 2.15. The van der Waals surface area contributed by atoms with E-state index in [1.54, 1.807) is 25.3 Å². The van der Waals surface area contributed by atoms with Crippen molar-refractivity contribution in [2.75, 3.05) is 6.61 Å². The normalized spacial score (nSPS) is 12.8. The Morgan fingerprint density at radius 3 is 3.18 bits per heavy atom. The van der Waals surface area contributed by atoms with E-state index in [1.165, 1.54) is 22.4 Å². The molecule has 3 heterocycles. The number of aromatic nitrogens is 3. The van der Waals surface area contributed by atoms with Crippen molar-refractivity contribution >= 4 is 21.7 Å². The quantitative estimate of drug-likeness (QED) is 0.736. The molecule has 0 aliphatic carbocycles. The van der Waals surface area contributed by atoms with Gasteiger partial charge < -0.3 is 14.3 Å². The molecule has 0 fully saturated rings. The van der Waals surface area contributed by atoms with Crippen LogP contribution in [-0.4, -0.2) is 31.7 Å². The van der Waals surface area contributed by atoms with Crippen LogP contribution in [0.4, 0.5) is 0 Å². The second-order valence-electron chi connectivity index (χ2n) is 4.90. The molecule has 0 aliphatic heterocycles. The molecule has 116 valence electrons. The summed E-state index contributed by atoms with van der Waals surface area (Å²) in [5, 5.41) is 10.5. The topological polar surface area (TPSA) is 90.4 Å². The van der Waals surface area contributed by atoms with Crippen molar-refractivity contribution in [3.8, 4) is 0 Å². The lowest BCUT2D eigenvalue weighted by molar-refractivity contribution is 0.0142. The van der Waals surface area contributed by atoms with Crippen molar-refractivity contribution in [3.05, 3.63) is 46.5 Å². The average molecular weight is 321 g/mol. The standard InChI is InChI=1S/C14H15N3O4S/c1-9-12-13(22-16-9)15-8-17(14(12)19)5-10(18)6-20-7-11-3-2-4-21-11/h2-4,8,10,18H,5-7H2,1H3/t10-/m0/s1. The summed E-state index contributed by atoms with van der Waals surface area (Å²) in [5.74, 6) is 0.687. The number of hydrogen-bond donors (Lipinski definition) is 1. The van der Waals surface area contributed by atoms with Crippen LogP contribution < -0.4 is 5.56 Å². The van der Waals surface area contributed by atoms with E-state index in [2.05, 4.69) is 9.36 Å². The smallest absolute Gasteiger partial charge is 0.264 e. The van der Waals surface area contributed by atoms with E-state index in [9.17, 15) is 9.90 Å². The molecule has 1 atom stereocenters. The second kappa shape index (κ2) is 6.39. The van der Waals surface area contributed by atoms with Crippen LogP contribution in [0.1, 0.15) is 11.5 Å². The monoisotopic (exact) mass is 321 g/mol. The molecule has 1 N–H and O–H groups in total. The predicted octanol–water partition coefficient (Wildman–Crippen LogP) is 1.33. The van der Waals surface area contributed by atoms with Gasteiger partial charge in [-0.05, 0) is 30.6 Å². The van der Waals surface area contributed by atoms with E-state index >= 15 is 0 Å². The van der Waals surface area contributed by atoms with E-state index in [1.807, 2.05) is 0 Å². The van der Waals surface area contributed by atoms with Crippen LogP contribution >= 0.6 is 11.5 Å². The maximum Gasteiger partial charge on any atom is 0.264 e. The van der Waals surface area contributed by atoms with Gasteiger partial charge in [0, 0.05) is 0 Å². The zero-order valence-electron chi connectivity index (χ0n) is 11.9. The molecule has 0 spiro atoms. The first kappa shape index (κ1) is 14.9. The van der Waals surface area contributed by atoms with Gasteiger partial charge in [0.2, 0.25) is 0 Å². The number of hydrogen-bond acceptors (Lipinski definition) is 7. The summed E-state index contributed by atoms with van der Waals surface area (Å²) in [6.07, 6.45) is 2.18. The summed E-state index contributed by atoms with van der Waals surface area (Å²) in [5.41, 5.74) is 0.469. The molecule has 0 saturated carbocycles. The van der Waals surface area contributed by atoms with Crippen molar-refractivity contribution in [1.82, 2.24) is 13.9 Å². The van der Waals surface area contributed by atoms with Crippen molar-refractivity contribution < 1.29 is 14.3 Å². The lowest BCUT2D eigenvalue weighted by Gasteiger charge is -2.12. The highest BCUT2D eigenvalue weighted by atomic mass is 32.1. The number of furan rings is 1. The first-order valence-corrected chi connectivity index (χ1v) is 7.52. The van der Waals surface area contributed by atoms with Gasteiger partial charge in [0.1, 0.15) is 12.4 Å². The average Bonchev–Trinajstić information content (AvgIpc) is 3.12. The fourth-order valence-electron chi connectivity index (χ4n) is 2.11. The zero-order valence-corrected chi connectivity index (χ0v) is 12.7. The number of nitrogens with zero attached hydrogens (tertiary/aromatic N) is 3. The van der Waals surface area contributed by atoms with Gasteiger partial charge >= 0.3 is 0 Å². The molecule has 8 heteroatoms. The predicted molar refractivity (Wildman–Crippen MR) is 80.8 cm³/mol. The third-order valence-corrected chi connectivity index (χ3v) is 4.02. The molecule has 0 saturated heterocycles. The molecule has 0 bridgehead atoms. The molecule has 7 nitrogen and oxygen atoms in total. The Bertz CT molecular complexity index is 809. The van der Waals surface area contributed by atoms with Crippen LogP contribution in [-0.2, 0) is 17.9 Å². The second-order valence-corrected chi connectivity index (χ2v) is 5.65. The zero-order chi connectivity index (χ0) is 15.5. The maximum absolute atomic E-state index is 12.3. The van der Waals surface area contributed by atoms with Crippen LogP contribution in [0.2, 0.25) is 0 Å². The number of aliphatic hydroxyl groups excluding tert-OH is 1. The maximum atomic E-state index is 12.3. The van der Waals surface area contributed by atoms with Gasteiger partial charge in [0.25, 0.3) is 5.56 Å². The Morgan fingerprint density at radius 2 is 2.41 bits per heavy atom. The Balaban J connectivity index is 1.63. The van der Waals surface area contributed by atoms with E-state index in [0.29, 0.717) is 21.7 Å². The fourth-order valence-corrected chi connectivity index (χ4v) is 2.85. The van der Waals surface area contributed by atoms with Gasteiger partial charge in [-0.1, -0.05) is 0 Å². The van der Waals surface area contributed by atoms with Crippen molar-refractivity contribution in [2.24, 2.45) is 0 Å². The van der Waals surface area contributed by atoms with Gasteiger partial charge in [-0.25, -0.2) is 4.98 Å². The molecular formula is C14H15N3O4S. The number of aryl methyl sites for hydroxylation is 1. The first-order chi connectivity index (χ1) is 10.6. The van der Waals surface area contributed by atoms with Crippen LogP contribution in [0.15, 0.2) is 33.9 Å². The van der Waals surface area contributed by atoms with Crippen molar-refractivity contribution in [3.63, 3.8) is 0 Å². The van der Waals surface area contributed by atoms with Crippen molar-refractivity contribution in [2.45, 2.75) is 26.2 Å². The molecular weight excluding hydrogens is 306 g/mol. The summed E-state index contributed by atoms with van der Waals surface area (Å²) in [6.45, 7) is 2.28. The Labute approximate surface area is 130 Å². The van der Waals surface area contributed by atoms with E-state index in [0.717, 1.165) is 0 Å². The SMILES string of the molecule is Cc1nsc2ncn(C[C@H](O)COCc3ccco3)c(=O)c12. The number of aliphatic hydroxyl groups is 1. The van der Waals surface area contributed by atoms with E-state index in [-0.39, 0.29) is 25.3 Å². The Morgan fingerprint density at radius 1 is 1.55 bits per heavy atom. The number of rotatable bonds is 6. The van der Waals surface area contributed by atoms with Gasteiger partial charge in [-0.2, -0.15) is 4.37 Å². The largest absolute Gasteiger partial charge is 0.467 e. The highest BCUT2D eigenvalue weighted by molar-refractivity contribution is 7.12. The lowest BCUT2D eigenvalue weighted by Crippen LogP contribution is -2.29. The molecule has 0 amide bonds. The van der Waals surface area contributed by atoms with Gasteiger partial charge in [0.05, 0.1) is 42.9 Å². The molecule has 0 aliphatic rings. The summed E-state index contributed by atoms with van der Waals surface area (Å²) in [7, 11) is 0. The highest BCUT2D eigenvalue weighted by Gasteiger charge is 2.13. The summed E-state index contributed by atoms with van der Waals surface area (Å²) < 4.78 is 16.0. The minimum absolute atomic E-state index is 0.103. The first-order valence-electron chi connectivity index (χ1n) is 6.75. The van der Waals surface area contributed by atoms with Crippen LogP contribution in [0.25, 0.3) is 10.2 Å². The Hall–Kier alpha value is -2.03. The minimum Gasteiger partial charge on any atom is -0.467 e. The van der Waals surface area contributed by atoms with E-state index < -0.39 is 6.10 Å². The molecule has 3 rings (SSSR count). The molecule has 0 unspecified atom stereocenters. The molecule has 0 aromatic carbocycles.